The summed E-state index contributed by atoms with van der Waals surface area (Å²) < 4.78 is 20.2. The van der Waals surface area contributed by atoms with E-state index in [0.717, 1.165) is 34.5 Å². The van der Waals surface area contributed by atoms with Gasteiger partial charge in [-0.25, -0.2) is 14.4 Å². The van der Waals surface area contributed by atoms with Crippen LogP contribution in [0.5, 0.6) is 11.6 Å². The molecular formula is C35H31FN5O3. The number of para-hydroxylation sites is 2. The van der Waals surface area contributed by atoms with Crippen LogP contribution in [-0.2, 0) is 6.42 Å². The van der Waals surface area contributed by atoms with E-state index in [1.807, 2.05) is 66.7 Å². The number of halogens is 1. The molecule has 1 radical (unpaired) electrons. The summed E-state index contributed by atoms with van der Waals surface area (Å²) in [5.41, 5.74) is 4.75. The first kappa shape index (κ1) is 28.9. The van der Waals surface area contributed by atoms with Crippen molar-refractivity contribution >= 4 is 22.8 Å². The van der Waals surface area contributed by atoms with Crippen molar-refractivity contribution in [3.05, 3.63) is 121 Å². The predicted molar refractivity (Wildman–Crippen MR) is 166 cm³/mol. The molecule has 0 bridgehead atoms. The number of nitrogens with one attached hydrogen (secondary N) is 2. The third-order valence-electron chi connectivity index (χ3n) is 7.77. The first-order valence-electron chi connectivity index (χ1n) is 14.6. The van der Waals surface area contributed by atoms with Crippen molar-refractivity contribution in [1.82, 2.24) is 25.6 Å². The molecule has 221 valence electrons. The van der Waals surface area contributed by atoms with Gasteiger partial charge < -0.3 is 15.4 Å². The Morgan fingerprint density at radius 2 is 1.50 bits per heavy atom. The number of benzene rings is 3. The second kappa shape index (κ2) is 13.0. The van der Waals surface area contributed by atoms with E-state index >= 15 is 0 Å². The number of hydrogen-bond acceptors (Lipinski definition) is 6. The molecule has 0 saturated heterocycles. The second-order valence-corrected chi connectivity index (χ2v) is 10.8. The van der Waals surface area contributed by atoms with Crippen LogP contribution in [0.25, 0.3) is 22.2 Å². The summed E-state index contributed by atoms with van der Waals surface area (Å²) in [7, 11) is 0. The number of rotatable bonds is 8. The molecule has 0 unspecified atom stereocenters. The monoisotopic (exact) mass is 588 g/mol. The fourth-order valence-corrected chi connectivity index (χ4v) is 5.36. The molecule has 3 aromatic carbocycles. The number of hydrogen-bond donors (Lipinski definition) is 2. The Balaban J connectivity index is 1.07. The van der Waals surface area contributed by atoms with Gasteiger partial charge in [0.05, 0.1) is 23.4 Å². The highest BCUT2D eigenvalue weighted by Gasteiger charge is 2.26. The van der Waals surface area contributed by atoms with E-state index in [1.165, 1.54) is 6.20 Å². The fraction of sp³-hybridized carbons (Fsp3) is 0.200. The van der Waals surface area contributed by atoms with Crippen molar-refractivity contribution in [2.24, 2.45) is 0 Å². The van der Waals surface area contributed by atoms with Gasteiger partial charge in [0, 0.05) is 12.1 Å². The topological polar surface area (TPSA) is 106 Å². The summed E-state index contributed by atoms with van der Waals surface area (Å²) in [6, 6.07) is 23.9. The minimum Gasteiger partial charge on any atom is -0.438 e. The number of pyridine rings is 1. The molecule has 5 aromatic rings. The maximum Gasteiger partial charge on any atom is 0.271 e. The summed E-state index contributed by atoms with van der Waals surface area (Å²) in [4.78, 5) is 38.9. The standard InChI is InChI=1S/C35H31FN5O3/c1-2-22-10-12-23(13-11-22)24-6-5-7-28(18-24)44-35-29(19-25(36)20-38-35)33(42)39-26-14-16-27(17-15-26)40-34(43)32-21-37-30-8-3-4-9-31(30)41-32/h3-13,18-21,26-27H,1-2,14-17H2,(H,39,42)(H,40,43)/t26-,27-. The first-order chi connectivity index (χ1) is 21.4. The van der Waals surface area contributed by atoms with E-state index in [1.54, 1.807) is 6.07 Å². The highest BCUT2D eigenvalue weighted by Crippen LogP contribution is 2.29. The predicted octanol–water partition coefficient (Wildman–Crippen LogP) is 6.47. The van der Waals surface area contributed by atoms with Crippen molar-refractivity contribution < 1.29 is 18.7 Å². The molecular weight excluding hydrogens is 557 g/mol. The van der Waals surface area contributed by atoms with Gasteiger partial charge in [0.1, 0.15) is 22.8 Å². The summed E-state index contributed by atoms with van der Waals surface area (Å²) in [5.74, 6) is -0.881. The molecule has 2 aromatic heterocycles. The molecule has 44 heavy (non-hydrogen) atoms. The zero-order valence-electron chi connectivity index (χ0n) is 24.0. The lowest BCUT2D eigenvalue weighted by Gasteiger charge is -2.29. The minimum atomic E-state index is -0.634. The van der Waals surface area contributed by atoms with E-state index < -0.39 is 11.7 Å². The third-order valence-corrected chi connectivity index (χ3v) is 7.77. The number of carbonyl (C=O) groups excluding carboxylic acids is 2. The van der Waals surface area contributed by atoms with Gasteiger partial charge in [0.2, 0.25) is 5.88 Å². The Bertz CT molecular complexity index is 1800. The van der Waals surface area contributed by atoms with Crippen LogP contribution in [0.15, 0.2) is 91.3 Å². The summed E-state index contributed by atoms with van der Waals surface area (Å²) in [6.45, 7) is 3.91. The molecule has 1 saturated carbocycles. The van der Waals surface area contributed by atoms with Crippen LogP contribution in [0.1, 0.15) is 52.1 Å². The Morgan fingerprint density at radius 1 is 0.795 bits per heavy atom. The number of amides is 2. The van der Waals surface area contributed by atoms with Crippen molar-refractivity contribution in [2.75, 3.05) is 0 Å². The van der Waals surface area contributed by atoms with Gasteiger partial charge in [-0.2, -0.15) is 0 Å². The summed E-state index contributed by atoms with van der Waals surface area (Å²) in [6.07, 6.45) is 5.86. The molecule has 8 nitrogen and oxygen atoms in total. The Hall–Kier alpha value is -5.18. The van der Waals surface area contributed by atoms with Crippen LogP contribution in [-0.4, -0.2) is 38.8 Å². The van der Waals surface area contributed by atoms with Crippen molar-refractivity contribution in [1.29, 1.82) is 0 Å². The van der Waals surface area contributed by atoms with Crippen molar-refractivity contribution in [3.63, 3.8) is 0 Å². The van der Waals surface area contributed by atoms with Crippen LogP contribution in [0.3, 0.4) is 0 Å². The normalized spacial score (nSPS) is 16.3. The molecule has 0 spiro atoms. The molecule has 9 heteroatoms. The number of carbonyl (C=O) groups is 2. The van der Waals surface area contributed by atoms with Gasteiger partial charge in [-0.05, 0) is 86.1 Å². The summed E-state index contributed by atoms with van der Waals surface area (Å²) in [5, 5.41) is 6.03. The van der Waals surface area contributed by atoms with Gasteiger partial charge in [0.15, 0.2) is 0 Å². The van der Waals surface area contributed by atoms with E-state index in [9.17, 15) is 14.0 Å². The first-order valence-corrected chi connectivity index (χ1v) is 14.6. The molecule has 1 fully saturated rings. The Morgan fingerprint density at radius 3 is 2.23 bits per heavy atom. The smallest absolute Gasteiger partial charge is 0.271 e. The van der Waals surface area contributed by atoms with Crippen LogP contribution in [0, 0.1) is 12.7 Å². The largest absolute Gasteiger partial charge is 0.438 e. The van der Waals surface area contributed by atoms with Gasteiger partial charge in [-0.15, -0.1) is 0 Å². The van der Waals surface area contributed by atoms with E-state index in [-0.39, 0.29) is 35.1 Å². The highest BCUT2D eigenvalue weighted by atomic mass is 19.1. The van der Waals surface area contributed by atoms with Gasteiger partial charge in [0.25, 0.3) is 11.8 Å². The Labute approximate surface area is 254 Å². The highest BCUT2D eigenvalue weighted by molar-refractivity contribution is 5.96. The second-order valence-electron chi connectivity index (χ2n) is 10.8. The lowest BCUT2D eigenvalue weighted by atomic mass is 9.91. The zero-order valence-corrected chi connectivity index (χ0v) is 24.0. The fourth-order valence-electron chi connectivity index (χ4n) is 5.36. The van der Waals surface area contributed by atoms with E-state index in [2.05, 4.69) is 32.5 Å². The molecule has 0 aliphatic heterocycles. The molecule has 2 amide bonds. The van der Waals surface area contributed by atoms with Crippen molar-refractivity contribution in [2.45, 2.75) is 44.2 Å². The van der Waals surface area contributed by atoms with Gasteiger partial charge in [-0.3, -0.25) is 14.6 Å². The van der Waals surface area contributed by atoms with Gasteiger partial charge in [-0.1, -0.05) is 48.5 Å². The molecule has 6 rings (SSSR count). The van der Waals surface area contributed by atoms with Crippen molar-refractivity contribution in [3.8, 4) is 22.8 Å². The van der Waals surface area contributed by atoms with Crippen LogP contribution in [0.4, 0.5) is 4.39 Å². The molecule has 2 heterocycles. The molecule has 1 aliphatic carbocycles. The third kappa shape index (κ3) is 6.72. The lowest BCUT2D eigenvalue weighted by Crippen LogP contribution is -2.44. The van der Waals surface area contributed by atoms with Gasteiger partial charge >= 0.3 is 0 Å². The molecule has 1 aliphatic rings. The number of aromatic nitrogens is 3. The minimum absolute atomic E-state index is 0.0144. The summed E-state index contributed by atoms with van der Waals surface area (Å²) >= 11 is 0. The van der Waals surface area contributed by atoms with Crippen LogP contribution >= 0.6 is 0 Å². The molecule has 2 N–H and O–H groups in total. The zero-order chi connectivity index (χ0) is 30.5. The maximum absolute atomic E-state index is 14.2. The molecule has 0 atom stereocenters. The van der Waals surface area contributed by atoms with Crippen LogP contribution < -0.4 is 15.4 Å². The quantitative estimate of drug-likeness (QED) is 0.215. The number of ether oxygens (including phenoxy) is 1. The number of nitrogens with zero attached hydrogens (tertiary/aromatic N) is 3. The van der Waals surface area contributed by atoms with E-state index in [0.29, 0.717) is 43.4 Å². The maximum atomic E-state index is 14.2. The average molecular weight is 589 g/mol. The number of fused-ring (bicyclic) bond motifs is 1. The van der Waals surface area contributed by atoms with Crippen LogP contribution in [0.2, 0.25) is 0 Å². The van der Waals surface area contributed by atoms with E-state index in [4.69, 9.17) is 4.74 Å². The Kier molecular flexibility index (Phi) is 8.54. The average Bonchev–Trinajstić information content (AvgIpc) is 3.06. The lowest BCUT2D eigenvalue weighted by molar-refractivity contribution is 0.0887. The SMILES string of the molecule is [CH2]Cc1ccc(-c2cccc(Oc3ncc(F)cc3C(=O)N[C@H]3CC[C@H](NC(=O)c4cnc5ccccc5n4)CC3)c2)cc1.